The molecular formula is C16H17ClN2OS. The molecule has 0 radical (unpaired) electrons. The van der Waals surface area contributed by atoms with Crippen molar-refractivity contribution in [1.29, 1.82) is 0 Å². The van der Waals surface area contributed by atoms with Crippen molar-refractivity contribution in [2.75, 3.05) is 18.9 Å². The second kappa shape index (κ2) is 6.08. The summed E-state index contributed by atoms with van der Waals surface area (Å²) in [6.07, 6.45) is 2.15. The maximum atomic E-state index is 12.5. The van der Waals surface area contributed by atoms with Crippen LogP contribution >= 0.6 is 22.9 Å². The van der Waals surface area contributed by atoms with E-state index in [1.54, 1.807) is 4.90 Å². The lowest BCUT2D eigenvalue weighted by atomic mass is 10.0. The summed E-state index contributed by atoms with van der Waals surface area (Å²) < 4.78 is 0.755. The molecular weight excluding hydrogens is 304 g/mol. The van der Waals surface area contributed by atoms with Crippen molar-refractivity contribution in [2.24, 2.45) is 0 Å². The number of hydrogen-bond acceptors (Lipinski definition) is 3. The summed E-state index contributed by atoms with van der Waals surface area (Å²) in [4.78, 5) is 15.3. The Morgan fingerprint density at radius 1 is 1.38 bits per heavy atom. The first kappa shape index (κ1) is 14.4. The first-order chi connectivity index (χ1) is 10.1. The zero-order chi connectivity index (χ0) is 14.8. The van der Waals surface area contributed by atoms with Gasteiger partial charge >= 0.3 is 0 Å². The molecule has 1 aliphatic heterocycles. The van der Waals surface area contributed by atoms with Crippen molar-refractivity contribution < 1.29 is 4.79 Å². The van der Waals surface area contributed by atoms with Crippen molar-refractivity contribution in [3.8, 4) is 0 Å². The number of halogens is 1. The molecule has 3 rings (SSSR count). The lowest BCUT2D eigenvalue weighted by Gasteiger charge is -2.20. The molecule has 1 aliphatic rings. The molecule has 0 spiro atoms. The number of carbonyl (C=O) groups is 1. The van der Waals surface area contributed by atoms with Gasteiger partial charge in [-0.15, -0.1) is 11.3 Å². The molecule has 1 N–H and O–H groups in total. The predicted molar refractivity (Wildman–Crippen MR) is 88.4 cm³/mol. The maximum Gasteiger partial charge on any atom is 0.253 e. The van der Waals surface area contributed by atoms with Crippen LogP contribution in [0.3, 0.4) is 0 Å². The minimum atomic E-state index is 0.0490. The lowest BCUT2D eigenvalue weighted by molar-refractivity contribution is 0.0786. The number of anilines is 1. The zero-order valence-corrected chi connectivity index (χ0v) is 13.4. The van der Waals surface area contributed by atoms with E-state index in [4.69, 9.17) is 11.6 Å². The zero-order valence-electron chi connectivity index (χ0n) is 11.9. The molecule has 110 valence electrons. The number of fused-ring (bicyclic) bond motifs is 1. The Kier molecular flexibility index (Phi) is 4.17. The normalized spacial score (nSPS) is 13.4. The van der Waals surface area contributed by atoms with Crippen LogP contribution in [-0.2, 0) is 13.0 Å². The Labute approximate surface area is 133 Å². The van der Waals surface area contributed by atoms with Crippen LogP contribution in [0.5, 0.6) is 0 Å². The van der Waals surface area contributed by atoms with E-state index in [0.29, 0.717) is 6.54 Å². The highest BCUT2D eigenvalue weighted by Gasteiger charge is 2.16. The molecule has 3 nitrogen and oxygen atoms in total. The van der Waals surface area contributed by atoms with Gasteiger partial charge < -0.3 is 10.2 Å². The van der Waals surface area contributed by atoms with E-state index in [2.05, 4.69) is 5.32 Å². The highest BCUT2D eigenvalue weighted by molar-refractivity contribution is 7.16. The number of benzene rings is 1. The minimum Gasteiger partial charge on any atom is -0.385 e. The van der Waals surface area contributed by atoms with E-state index in [1.807, 2.05) is 37.4 Å². The summed E-state index contributed by atoms with van der Waals surface area (Å²) in [6.45, 7) is 1.60. The van der Waals surface area contributed by atoms with E-state index < -0.39 is 0 Å². The monoisotopic (exact) mass is 320 g/mol. The first-order valence-electron chi connectivity index (χ1n) is 7.00. The highest BCUT2D eigenvalue weighted by atomic mass is 35.5. The molecule has 1 amide bonds. The average molecular weight is 321 g/mol. The van der Waals surface area contributed by atoms with E-state index >= 15 is 0 Å². The molecule has 1 aromatic heterocycles. The molecule has 0 saturated heterocycles. The number of nitrogens with one attached hydrogen (secondary N) is 1. The number of rotatable bonds is 3. The van der Waals surface area contributed by atoms with E-state index in [-0.39, 0.29) is 5.91 Å². The van der Waals surface area contributed by atoms with Gasteiger partial charge in [0.2, 0.25) is 0 Å². The molecule has 1 aromatic carbocycles. The molecule has 2 heterocycles. The van der Waals surface area contributed by atoms with Gasteiger partial charge in [-0.1, -0.05) is 11.6 Å². The molecule has 0 aliphatic carbocycles. The smallest absolute Gasteiger partial charge is 0.253 e. The van der Waals surface area contributed by atoms with E-state index in [1.165, 1.54) is 16.9 Å². The predicted octanol–water partition coefficient (Wildman–Crippen LogP) is 4.03. The molecule has 0 bridgehead atoms. The third-order valence-corrected chi connectivity index (χ3v) is 4.87. The number of amides is 1. The van der Waals surface area contributed by atoms with Crippen molar-refractivity contribution in [3.63, 3.8) is 0 Å². The quantitative estimate of drug-likeness (QED) is 0.926. The Balaban J connectivity index is 1.75. The van der Waals surface area contributed by atoms with Crippen molar-refractivity contribution in [3.05, 3.63) is 50.7 Å². The van der Waals surface area contributed by atoms with Crippen molar-refractivity contribution in [2.45, 2.75) is 19.4 Å². The minimum absolute atomic E-state index is 0.0490. The summed E-state index contributed by atoms with van der Waals surface area (Å²) in [5.74, 6) is 0.0490. The summed E-state index contributed by atoms with van der Waals surface area (Å²) in [5.41, 5.74) is 3.15. The van der Waals surface area contributed by atoms with Crippen molar-refractivity contribution >= 4 is 34.5 Å². The highest BCUT2D eigenvalue weighted by Crippen LogP contribution is 2.25. The number of thiophene rings is 1. The maximum absolute atomic E-state index is 12.5. The van der Waals surface area contributed by atoms with Gasteiger partial charge in [0.1, 0.15) is 0 Å². The number of aryl methyl sites for hydroxylation is 1. The second-order valence-corrected chi connectivity index (χ2v) is 7.07. The van der Waals surface area contributed by atoms with Crippen molar-refractivity contribution in [1.82, 2.24) is 4.90 Å². The largest absolute Gasteiger partial charge is 0.385 e. The van der Waals surface area contributed by atoms with Crippen LogP contribution in [-0.4, -0.2) is 24.4 Å². The Bertz CT molecular complexity index is 668. The molecule has 21 heavy (non-hydrogen) atoms. The third kappa shape index (κ3) is 3.22. The van der Waals surface area contributed by atoms with Gasteiger partial charge in [0.05, 0.1) is 10.9 Å². The van der Waals surface area contributed by atoms with E-state index in [9.17, 15) is 4.79 Å². The molecule has 0 atom stereocenters. The fraction of sp³-hybridized carbons (Fsp3) is 0.312. The van der Waals surface area contributed by atoms with Gasteiger partial charge in [0, 0.05) is 29.7 Å². The van der Waals surface area contributed by atoms with Gasteiger partial charge in [-0.05, 0) is 48.7 Å². The summed E-state index contributed by atoms with van der Waals surface area (Å²) in [6, 6.07) is 9.76. The summed E-state index contributed by atoms with van der Waals surface area (Å²) in [5, 5.41) is 3.36. The average Bonchev–Trinajstić information content (AvgIpc) is 2.91. The van der Waals surface area contributed by atoms with Crippen LogP contribution in [0, 0.1) is 0 Å². The number of nitrogens with zero attached hydrogens (tertiary/aromatic N) is 1. The Morgan fingerprint density at radius 3 is 3.00 bits per heavy atom. The second-order valence-electron chi connectivity index (χ2n) is 5.27. The fourth-order valence-corrected chi connectivity index (χ4v) is 3.71. The summed E-state index contributed by atoms with van der Waals surface area (Å²) in [7, 11) is 1.83. The van der Waals surface area contributed by atoms with Crippen LogP contribution in [0.15, 0.2) is 30.3 Å². The molecule has 0 unspecified atom stereocenters. The van der Waals surface area contributed by atoms with Gasteiger partial charge in [-0.25, -0.2) is 0 Å². The SMILES string of the molecule is CN(Cc1ccc(Cl)s1)C(=O)c1ccc2c(c1)CCCN2. The Morgan fingerprint density at radius 2 is 2.24 bits per heavy atom. The Hall–Kier alpha value is -1.52. The van der Waals surface area contributed by atoms with Crippen LogP contribution in [0.4, 0.5) is 5.69 Å². The van der Waals surface area contributed by atoms with Gasteiger partial charge in [-0.3, -0.25) is 4.79 Å². The molecule has 0 fully saturated rings. The first-order valence-corrected chi connectivity index (χ1v) is 8.19. The molecule has 5 heteroatoms. The number of carbonyl (C=O) groups excluding carboxylic acids is 1. The van der Waals surface area contributed by atoms with Crippen LogP contribution in [0.2, 0.25) is 4.34 Å². The lowest BCUT2D eigenvalue weighted by Crippen LogP contribution is -2.26. The van der Waals surface area contributed by atoms with Crippen LogP contribution in [0.1, 0.15) is 27.2 Å². The topological polar surface area (TPSA) is 32.3 Å². The van der Waals surface area contributed by atoms with E-state index in [0.717, 1.165) is 39.9 Å². The van der Waals surface area contributed by atoms with Crippen LogP contribution in [0.25, 0.3) is 0 Å². The van der Waals surface area contributed by atoms with Gasteiger partial charge in [0.25, 0.3) is 5.91 Å². The standard InChI is InChI=1S/C16H17ClN2OS/c1-19(10-13-5-7-15(17)21-13)16(20)12-4-6-14-11(9-12)3-2-8-18-14/h4-7,9,18H,2-3,8,10H2,1H3. The van der Waals surface area contributed by atoms with Crippen LogP contribution < -0.4 is 5.32 Å². The molecule has 0 saturated carbocycles. The third-order valence-electron chi connectivity index (χ3n) is 3.66. The van der Waals surface area contributed by atoms with Gasteiger partial charge in [-0.2, -0.15) is 0 Å². The molecule has 2 aromatic rings. The summed E-state index contributed by atoms with van der Waals surface area (Å²) >= 11 is 7.44. The fourth-order valence-electron chi connectivity index (χ4n) is 2.57. The van der Waals surface area contributed by atoms with Gasteiger partial charge in [0.15, 0.2) is 0 Å². The number of hydrogen-bond donors (Lipinski definition) is 1.